The van der Waals surface area contributed by atoms with Crippen LogP contribution in [0.15, 0.2) is 60.7 Å². The van der Waals surface area contributed by atoms with Gasteiger partial charge in [-0.15, -0.1) is 0 Å². The molecule has 0 saturated heterocycles. The van der Waals surface area contributed by atoms with Crippen LogP contribution in [0.2, 0.25) is 0 Å². The number of fused-ring (bicyclic) bond motifs is 2. The van der Waals surface area contributed by atoms with E-state index in [1.165, 1.54) is 57.8 Å². The molecule has 0 amide bonds. The van der Waals surface area contributed by atoms with Crippen molar-refractivity contribution in [3.63, 3.8) is 0 Å². The molecule has 0 bridgehead atoms. The molecule has 5 aliphatic carbocycles. The van der Waals surface area contributed by atoms with Gasteiger partial charge in [-0.1, -0.05) is 79.9 Å². The van der Waals surface area contributed by atoms with Crippen molar-refractivity contribution >= 4 is 0 Å². The fourth-order valence-electron chi connectivity index (χ4n) is 10.9. The van der Waals surface area contributed by atoms with Crippen LogP contribution >= 0.6 is 0 Å². The van der Waals surface area contributed by atoms with Gasteiger partial charge in [0, 0.05) is 0 Å². The maximum atomic E-state index is 2.44. The van der Waals surface area contributed by atoms with E-state index in [1.807, 2.05) is 0 Å². The zero-order valence-electron chi connectivity index (χ0n) is 21.1. The highest BCUT2D eigenvalue weighted by atomic mass is 14.6. The maximum Gasteiger partial charge on any atom is -0.0131 e. The molecule has 2 aromatic carbocycles. The monoisotopic (exact) mass is 452 g/mol. The fourth-order valence-corrected chi connectivity index (χ4v) is 10.9. The van der Waals surface area contributed by atoms with Crippen molar-refractivity contribution in [2.24, 2.45) is 40.9 Å². The second-order valence-electron chi connectivity index (χ2n) is 13.0. The van der Waals surface area contributed by atoms with Gasteiger partial charge in [-0.25, -0.2) is 0 Å². The Morgan fingerprint density at radius 3 is 1.32 bits per heavy atom. The van der Waals surface area contributed by atoms with Crippen LogP contribution in [-0.2, 0) is 0 Å². The molecule has 0 heteroatoms. The third kappa shape index (κ3) is 3.37. The second kappa shape index (κ2) is 8.83. The molecule has 180 valence electrons. The van der Waals surface area contributed by atoms with Crippen LogP contribution in [0.3, 0.4) is 0 Å². The van der Waals surface area contributed by atoms with Gasteiger partial charge in [-0.3, -0.25) is 0 Å². The third-order valence-electron chi connectivity index (χ3n) is 12.1. The molecule has 8 atom stereocenters. The van der Waals surface area contributed by atoms with Crippen LogP contribution in [0.1, 0.15) is 106 Å². The Balaban J connectivity index is 1.15. The predicted octanol–water partition coefficient (Wildman–Crippen LogP) is 9.38. The summed E-state index contributed by atoms with van der Waals surface area (Å²) in [5.41, 5.74) is 4.02. The highest BCUT2D eigenvalue weighted by Gasteiger charge is 2.60. The molecule has 0 heterocycles. The van der Waals surface area contributed by atoms with Gasteiger partial charge < -0.3 is 0 Å². The molecule has 0 radical (unpaired) electrons. The Hall–Kier alpha value is -1.56. The van der Waals surface area contributed by atoms with Gasteiger partial charge in [0.15, 0.2) is 0 Å². The minimum Gasteiger partial charge on any atom is -0.0622 e. The van der Waals surface area contributed by atoms with Crippen LogP contribution in [0, 0.1) is 40.9 Å². The maximum absolute atomic E-state index is 2.44. The topological polar surface area (TPSA) is 0 Å². The van der Waals surface area contributed by atoms with Gasteiger partial charge in [0.1, 0.15) is 0 Å². The van der Waals surface area contributed by atoms with Crippen LogP contribution in [0.25, 0.3) is 0 Å². The van der Waals surface area contributed by atoms with Gasteiger partial charge in [-0.05, 0) is 128 Å². The molecule has 7 rings (SSSR count). The number of rotatable bonds is 4. The van der Waals surface area contributed by atoms with Gasteiger partial charge in [-0.2, -0.15) is 0 Å². The summed E-state index contributed by atoms with van der Waals surface area (Å²) in [6.07, 6.45) is 19.7. The molecule has 0 aromatic heterocycles. The Kier molecular flexibility index (Phi) is 5.64. The summed E-state index contributed by atoms with van der Waals surface area (Å²) in [4.78, 5) is 0. The Morgan fingerprint density at radius 1 is 0.441 bits per heavy atom. The lowest BCUT2D eigenvalue weighted by Gasteiger charge is -2.57. The molecule has 0 spiro atoms. The lowest BCUT2D eigenvalue weighted by Crippen LogP contribution is -2.48. The van der Waals surface area contributed by atoms with Crippen molar-refractivity contribution in [2.45, 2.75) is 95.3 Å². The van der Waals surface area contributed by atoms with E-state index in [2.05, 4.69) is 60.7 Å². The highest BCUT2D eigenvalue weighted by Crippen LogP contribution is 2.69. The van der Waals surface area contributed by atoms with E-state index in [1.54, 1.807) is 36.8 Å². The van der Waals surface area contributed by atoms with E-state index in [4.69, 9.17) is 0 Å². The van der Waals surface area contributed by atoms with Crippen molar-refractivity contribution < 1.29 is 0 Å². The molecule has 0 aliphatic heterocycles. The normalized spacial score (nSPS) is 40.8. The molecular weight excluding hydrogens is 408 g/mol. The van der Waals surface area contributed by atoms with Gasteiger partial charge in [0.2, 0.25) is 0 Å². The van der Waals surface area contributed by atoms with E-state index in [-0.39, 0.29) is 0 Å². The first-order valence-corrected chi connectivity index (χ1v) is 14.9. The summed E-state index contributed by atoms with van der Waals surface area (Å²) in [7, 11) is 0. The minimum atomic E-state index is 0.718. The summed E-state index contributed by atoms with van der Waals surface area (Å²) in [5, 5.41) is 0. The molecule has 5 aliphatic rings. The van der Waals surface area contributed by atoms with E-state index < -0.39 is 0 Å². The van der Waals surface area contributed by atoms with E-state index in [0.29, 0.717) is 0 Å². The number of benzene rings is 2. The first kappa shape index (κ1) is 21.7. The Morgan fingerprint density at radius 2 is 0.912 bits per heavy atom. The molecule has 8 unspecified atom stereocenters. The smallest absolute Gasteiger partial charge is 0.0131 e. The largest absolute Gasteiger partial charge is 0.0622 e. The standard InChI is InChI=1S/C34H44/c1-3-10-24(11-4-1)26-14-7-16-30-28(26)18-20-32(30)34(22-9-23-34)33-21-19-29-27(15-8-17-31(29)33)25-12-5-2-6-13-25/h1-6,10-13,26-33H,7-9,14-23H2. The number of hydrogen-bond acceptors (Lipinski definition) is 0. The summed E-state index contributed by atoms with van der Waals surface area (Å²) in [5.74, 6) is 7.75. The first-order valence-electron chi connectivity index (χ1n) is 14.9. The van der Waals surface area contributed by atoms with Crippen molar-refractivity contribution in [1.29, 1.82) is 0 Å². The average Bonchev–Trinajstić information content (AvgIpc) is 3.50. The van der Waals surface area contributed by atoms with Gasteiger partial charge in [0.05, 0.1) is 0 Å². The summed E-state index contributed by atoms with van der Waals surface area (Å²) in [6, 6.07) is 23.3. The zero-order valence-corrected chi connectivity index (χ0v) is 21.1. The van der Waals surface area contributed by atoms with E-state index in [0.717, 1.165) is 52.8 Å². The molecule has 0 N–H and O–H groups in total. The predicted molar refractivity (Wildman–Crippen MR) is 142 cm³/mol. The van der Waals surface area contributed by atoms with E-state index in [9.17, 15) is 0 Å². The summed E-state index contributed by atoms with van der Waals surface area (Å²) < 4.78 is 0. The van der Waals surface area contributed by atoms with Crippen LogP contribution in [0.4, 0.5) is 0 Å². The summed E-state index contributed by atoms with van der Waals surface area (Å²) in [6.45, 7) is 0. The molecule has 5 saturated carbocycles. The van der Waals surface area contributed by atoms with Crippen LogP contribution in [-0.4, -0.2) is 0 Å². The highest BCUT2D eigenvalue weighted by molar-refractivity contribution is 5.24. The van der Waals surface area contributed by atoms with Gasteiger partial charge in [0.25, 0.3) is 0 Å². The van der Waals surface area contributed by atoms with Crippen LogP contribution < -0.4 is 0 Å². The molecule has 34 heavy (non-hydrogen) atoms. The zero-order chi connectivity index (χ0) is 22.5. The third-order valence-corrected chi connectivity index (χ3v) is 12.1. The fraction of sp³-hybridized carbons (Fsp3) is 0.647. The molecule has 0 nitrogen and oxygen atoms in total. The Labute approximate surface area is 207 Å². The lowest BCUT2D eigenvalue weighted by atomic mass is 9.48. The average molecular weight is 453 g/mol. The first-order chi connectivity index (χ1) is 16.9. The molecule has 5 fully saturated rings. The Bertz CT molecular complexity index is 881. The van der Waals surface area contributed by atoms with Crippen molar-refractivity contribution in [3.8, 4) is 0 Å². The van der Waals surface area contributed by atoms with Crippen molar-refractivity contribution in [1.82, 2.24) is 0 Å². The number of hydrogen-bond donors (Lipinski definition) is 0. The van der Waals surface area contributed by atoms with Crippen LogP contribution in [0.5, 0.6) is 0 Å². The summed E-state index contributed by atoms with van der Waals surface area (Å²) >= 11 is 0. The quantitative estimate of drug-likeness (QED) is 0.433. The van der Waals surface area contributed by atoms with E-state index >= 15 is 0 Å². The van der Waals surface area contributed by atoms with Crippen molar-refractivity contribution in [2.75, 3.05) is 0 Å². The SMILES string of the molecule is c1ccc(C2CCCC3C2CCC3C2(C3CCC4C(c5ccccc5)CCCC43)CCC2)cc1. The molecule has 2 aromatic rings. The van der Waals surface area contributed by atoms with Gasteiger partial charge >= 0.3 is 0 Å². The second-order valence-corrected chi connectivity index (χ2v) is 13.0. The van der Waals surface area contributed by atoms with Crippen molar-refractivity contribution in [3.05, 3.63) is 71.8 Å². The molecular formula is C34H44. The lowest BCUT2D eigenvalue weighted by molar-refractivity contribution is -0.0699. The minimum absolute atomic E-state index is 0.718.